The Bertz CT molecular complexity index is 1320. The first kappa shape index (κ1) is 24.0. The molecule has 1 N–H and O–H groups in total. The van der Waals surface area contributed by atoms with Gasteiger partial charge in [-0.15, -0.1) is 0 Å². The van der Waals surface area contributed by atoms with Gasteiger partial charge in [0.15, 0.2) is 17.5 Å². The van der Waals surface area contributed by atoms with Crippen molar-refractivity contribution in [2.24, 2.45) is 5.92 Å². The molecule has 0 spiro atoms. The smallest absolute Gasteiger partial charge is 0.326 e. The van der Waals surface area contributed by atoms with Crippen LogP contribution in [0.25, 0.3) is 22.9 Å². The molecule has 0 aliphatic rings. The van der Waals surface area contributed by atoms with Crippen LogP contribution in [-0.4, -0.2) is 49.1 Å². The summed E-state index contributed by atoms with van der Waals surface area (Å²) in [5.41, 5.74) is 1.67. The minimum Gasteiger partial charge on any atom is -0.480 e. The highest BCUT2D eigenvalue weighted by molar-refractivity contribution is 5.77. The average Bonchev–Trinajstić information content (AvgIpc) is 3.49. The molecule has 9 nitrogen and oxygen atoms in total. The van der Waals surface area contributed by atoms with Crippen molar-refractivity contribution in [3.05, 3.63) is 66.1 Å². The number of anilines is 1. The monoisotopic (exact) mass is 482 g/mol. The number of nitrogens with zero attached hydrogens (tertiary/aromatic N) is 6. The van der Waals surface area contributed by atoms with E-state index < -0.39 is 17.8 Å². The summed E-state index contributed by atoms with van der Waals surface area (Å²) in [7, 11) is 1.48. The SMILES string of the molecule is CC(C)C[C@@H](C(=O)O)N(C)c1nc(-c2cc(-c3ccon3)n(Cc3ccccc3F)n2)ncc1F. The topological polar surface area (TPSA) is 110 Å². The number of hydrogen-bond acceptors (Lipinski definition) is 7. The van der Waals surface area contributed by atoms with Gasteiger partial charge in [0.1, 0.15) is 29.5 Å². The summed E-state index contributed by atoms with van der Waals surface area (Å²) in [6.07, 6.45) is 2.68. The highest BCUT2D eigenvalue weighted by Crippen LogP contribution is 2.27. The van der Waals surface area contributed by atoms with Gasteiger partial charge in [-0.25, -0.2) is 23.5 Å². The summed E-state index contributed by atoms with van der Waals surface area (Å²) >= 11 is 0. The Morgan fingerprint density at radius 3 is 2.60 bits per heavy atom. The summed E-state index contributed by atoms with van der Waals surface area (Å²) in [6.45, 7) is 3.87. The van der Waals surface area contributed by atoms with Gasteiger partial charge in [-0.1, -0.05) is 37.2 Å². The number of carboxylic acid groups (broad SMARTS) is 1. The van der Waals surface area contributed by atoms with Crippen LogP contribution in [0.1, 0.15) is 25.8 Å². The fraction of sp³-hybridized carbons (Fsp3) is 0.292. The zero-order valence-corrected chi connectivity index (χ0v) is 19.4. The number of hydrogen-bond donors (Lipinski definition) is 1. The summed E-state index contributed by atoms with van der Waals surface area (Å²) < 4.78 is 35.5. The number of carboxylic acids is 1. The summed E-state index contributed by atoms with van der Waals surface area (Å²) in [4.78, 5) is 21.5. The fourth-order valence-electron chi connectivity index (χ4n) is 3.73. The number of likely N-dealkylation sites (N-methyl/N-ethyl adjacent to an activating group) is 1. The zero-order valence-electron chi connectivity index (χ0n) is 19.4. The van der Waals surface area contributed by atoms with Crippen molar-refractivity contribution in [3.8, 4) is 22.9 Å². The van der Waals surface area contributed by atoms with Crippen LogP contribution in [0, 0.1) is 17.6 Å². The lowest BCUT2D eigenvalue weighted by molar-refractivity contribution is -0.138. The highest BCUT2D eigenvalue weighted by Gasteiger charge is 2.28. The predicted octanol–water partition coefficient (Wildman–Crippen LogP) is 4.26. The van der Waals surface area contributed by atoms with Crippen LogP contribution in [-0.2, 0) is 11.3 Å². The Morgan fingerprint density at radius 1 is 1.17 bits per heavy atom. The molecule has 0 saturated carbocycles. The number of halogens is 2. The minimum atomic E-state index is -1.08. The average molecular weight is 482 g/mol. The molecule has 0 aliphatic carbocycles. The molecule has 3 heterocycles. The van der Waals surface area contributed by atoms with Gasteiger partial charge in [0.2, 0.25) is 0 Å². The van der Waals surface area contributed by atoms with Crippen LogP contribution in [0.15, 0.2) is 53.4 Å². The quantitative estimate of drug-likeness (QED) is 0.377. The van der Waals surface area contributed by atoms with Gasteiger partial charge in [-0.05, 0) is 24.5 Å². The van der Waals surface area contributed by atoms with E-state index in [0.717, 1.165) is 6.20 Å². The summed E-state index contributed by atoms with van der Waals surface area (Å²) in [5.74, 6) is -2.23. The van der Waals surface area contributed by atoms with Crippen LogP contribution in [0.3, 0.4) is 0 Å². The van der Waals surface area contributed by atoms with Crippen LogP contribution in [0.2, 0.25) is 0 Å². The Kier molecular flexibility index (Phi) is 6.85. The molecule has 3 aromatic heterocycles. The Balaban J connectivity index is 1.75. The molecule has 4 aromatic rings. The predicted molar refractivity (Wildman–Crippen MR) is 123 cm³/mol. The lowest BCUT2D eigenvalue weighted by Crippen LogP contribution is -2.40. The van der Waals surface area contributed by atoms with Crippen LogP contribution < -0.4 is 4.90 Å². The second-order valence-electron chi connectivity index (χ2n) is 8.51. The maximum atomic E-state index is 14.7. The van der Waals surface area contributed by atoms with E-state index in [-0.39, 0.29) is 35.6 Å². The Labute approximate surface area is 200 Å². The summed E-state index contributed by atoms with van der Waals surface area (Å²) in [5, 5.41) is 18.1. The normalized spacial score (nSPS) is 12.2. The number of aromatic nitrogens is 5. The van der Waals surface area contributed by atoms with Crippen LogP contribution >= 0.6 is 0 Å². The molecule has 0 unspecified atom stereocenters. The Hall–Kier alpha value is -4.15. The lowest BCUT2D eigenvalue weighted by atomic mass is 10.0. The third-order valence-corrected chi connectivity index (χ3v) is 5.49. The van der Waals surface area contributed by atoms with E-state index in [0.29, 0.717) is 23.4 Å². The second kappa shape index (κ2) is 10.00. The van der Waals surface area contributed by atoms with E-state index in [1.807, 2.05) is 13.8 Å². The van der Waals surface area contributed by atoms with Gasteiger partial charge in [0.05, 0.1) is 18.4 Å². The van der Waals surface area contributed by atoms with E-state index in [9.17, 15) is 18.7 Å². The fourth-order valence-corrected chi connectivity index (χ4v) is 3.73. The maximum absolute atomic E-state index is 14.7. The van der Waals surface area contributed by atoms with E-state index in [2.05, 4.69) is 20.2 Å². The third kappa shape index (κ3) is 5.18. The third-order valence-electron chi connectivity index (χ3n) is 5.49. The Morgan fingerprint density at radius 2 is 1.94 bits per heavy atom. The van der Waals surface area contributed by atoms with Crippen molar-refractivity contribution in [2.75, 3.05) is 11.9 Å². The number of benzene rings is 1. The van der Waals surface area contributed by atoms with Crippen molar-refractivity contribution < 1.29 is 23.2 Å². The van der Waals surface area contributed by atoms with Crippen molar-refractivity contribution in [1.82, 2.24) is 24.9 Å². The van der Waals surface area contributed by atoms with Crippen LogP contribution in [0.5, 0.6) is 0 Å². The van der Waals surface area contributed by atoms with E-state index >= 15 is 0 Å². The molecular weight excluding hydrogens is 458 g/mol. The van der Waals surface area contributed by atoms with Gasteiger partial charge in [-0.2, -0.15) is 5.10 Å². The maximum Gasteiger partial charge on any atom is 0.326 e. The van der Waals surface area contributed by atoms with Crippen molar-refractivity contribution in [1.29, 1.82) is 0 Å². The van der Waals surface area contributed by atoms with Gasteiger partial charge in [0.25, 0.3) is 0 Å². The van der Waals surface area contributed by atoms with E-state index in [1.165, 1.54) is 29.0 Å². The van der Waals surface area contributed by atoms with Crippen molar-refractivity contribution >= 4 is 11.8 Å². The molecule has 0 bridgehead atoms. The molecule has 0 amide bonds. The van der Waals surface area contributed by atoms with Crippen molar-refractivity contribution in [2.45, 2.75) is 32.9 Å². The van der Waals surface area contributed by atoms with Gasteiger partial charge >= 0.3 is 5.97 Å². The first-order chi connectivity index (χ1) is 16.7. The molecule has 182 valence electrons. The molecule has 0 saturated heterocycles. The molecule has 0 fully saturated rings. The molecule has 1 aromatic carbocycles. The standard InChI is InChI=1S/C24H24F2N6O3/c1-14(2)10-21(24(33)34)31(3)23-17(26)12-27-22(28-23)19-11-20(18-8-9-35-30-18)32(29-19)13-15-6-4-5-7-16(15)25/h4-9,11-12,14,21H,10,13H2,1-3H3,(H,33,34)/t21-/m0/s1. The van der Waals surface area contributed by atoms with E-state index in [4.69, 9.17) is 4.52 Å². The van der Waals surface area contributed by atoms with Crippen LogP contribution in [0.4, 0.5) is 14.6 Å². The largest absolute Gasteiger partial charge is 0.480 e. The first-order valence-corrected chi connectivity index (χ1v) is 10.9. The molecule has 1 atom stereocenters. The van der Waals surface area contributed by atoms with Gasteiger partial charge in [-0.3, -0.25) is 4.68 Å². The molecule has 4 rings (SSSR count). The van der Waals surface area contributed by atoms with Gasteiger partial charge < -0.3 is 14.5 Å². The number of carbonyl (C=O) groups is 1. The number of aliphatic carboxylic acids is 1. The minimum absolute atomic E-state index is 0.0713. The van der Waals surface area contributed by atoms with E-state index in [1.54, 1.807) is 30.3 Å². The molecule has 0 aliphatic heterocycles. The second-order valence-corrected chi connectivity index (χ2v) is 8.51. The zero-order chi connectivity index (χ0) is 25.1. The molecule has 11 heteroatoms. The van der Waals surface area contributed by atoms with Crippen molar-refractivity contribution in [3.63, 3.8) is 0 Å². The first-order valence-electron chi connectivity index (χ1n) is 10.9. The molecule has 35 heavy (non-hydrogen) atoms. The highest BCUT2D eigenvalue weighted by atomic mass is 19.1. The summed E-state index contributed by atoms with van der Waals surface area (Å²) in [6, 6.07) is 8.62. The van der Waals surface area contributed by atoms with Gasteiger partial charge in [0, 0.05) is 18.7 Å². The lowest BCUT2D eigenvalue weighted by Gasteiger charge is -2.27. The molecule has 0 radical (unpaired) electrons. The molecular formula is C24H24F2N6O3. The number of rotatable bonds is 9.